The van der Waals surface area contributed by atoms with E-state index in [9.17, 15) is 0 Å². The van der Waals surface area contributed by atoms with Gasteiger partial charge in [0.05, 0.1) is 22.1 Å². The number of furan rings is 2. The van der Waals surface area contributed by atoms with Gasteiger partial charge in [0.2, 0.25) is 0 Å². The summed E-state index contributed by atoms with van der Waals surface area (Å²) < 4.78 is 17.6. The van der Waals surface area contributed by atoms with Gasteiger partial charge in [-0.2, -0.15) is 0 Å². The first kappa shape index (κ1) is 28.0. The quantitative estimate of drug-likeness (QED) is 0.188. The molecule has 0 N–H and O–H groups in total. The molecule has 52 heavy (non-hydrogen) atoms. The summed E-state index contributed by atoms with van der Waals surface area (Å²) in [5.74, 6) is 1.16. The number of benzene rings is 7. The summed E-state index contributed by atoms with van der Waals surface area (Å²) in [4.78, 5) is 0. The van der Waals surface area contributed by atoms with E-state index in [0.717, 1.165) is 51.1 Å². The zero-order valence-electron chi connectivity index (χ0n) is 28.1. The van der Waals surface area contributed by atoms with Crippen LogP contribution in [0.1, 0.15) is 22.8 Å². The van der Waals surface area contributed by atoms with Crippen LogP contribution in [0, 0.1) is 0 Å². The highest BCUT2D eigenvalue weighted by Gasteiger charge is 2.24. The fourth-order valence-electron chi connectivity index (χ4n) is 8.91. The van der Waals surface area contributed by atoms with Crippen LogP contribution in [0.3, 0.4) is 0 Å². The Kier molecular flexibility index (Phi) is 5.58. The zero-order valence-corrected chi connectivity index (χ0v) is 28.1. The lowest BCUT2D eigenvalue weighted by molar-refractivity contribution is 0.591. The number of nitrogens with zero attached hydrogens (tertiary/aromatic N) is 2. The van der Waals surface area contributed by atoms with E-state index in [0.29, 0.717) is 0 Å². The second-order valence-corrected chi connectivity index (χ2v) is 14.1. The molecule has 12 rings (SSSR count). The zero-order chi connectivity index (χ0) is 33.9. The Morgan fingerprint density at radius 2 is 0.885 bits per heavy atom. The van der Waals surface area contributed by atoms with Crippen LogP contribution in [-0.2, 0) is 6.42 Å². The molecule has 0 fully saturated rings. The Labute approximate surface area is 298 Å². The molecule has 1 unspecified atom stereocenters. The standard InChI is InChI=1S/C48H30N2O2/c1-5-13-41-33(9-1)34-10-2-6-14-42(34)49(41)31-19-23-47-39(27-31)37-25-29(17-21-45(37)51-47)30-18-22-46-38(26-30)40-28-32(20-24-48(40)52-46)50-43-15-7-3-11-35(43)36-12-4-8-16-44(36)50/h1-25,27-28,30H,26H2. The van der Waals surface area contributed by atoms with Crippen molar-refractivity contribution < 1.29 is 8.83 Å². The van der Waals surface area contributed by atoms with Gasteiger partial charge in [-0.05, 0) is 90.9 Å². The van der Waals surface area contributed by atoms with Gasteiger partial charge in [0, 0.05) is 60.6 Å². The molecule has 4 heteroatoms. The summed E-state index contributed by atoms with van der Waals surface area (Å²) in [5.41, 5.74) is 12.4. The van der Waals surface area contributed by atoms with E-state index in [4.69, 9.17) is 8.83 Å². The van der Waals surface area contributed by atoms with Crippen molar-refractivity contribution in [3.8, 4) is 11.4 Å². The number of fused-ring (bicyclic) bond motifs is 12. The average molecular weight is 667 g/mol. The van der Waals surface area contributed by atoms with Gasteiger partial charge in [-0.15, -0.1) is 0 Å². The third-order valence-electron chi connectivity index (χ3n) is 11.3. The molecule has 0 saturated heterocycles. The summed E-state index contributed by atoms with van der Waals surface area (Å²) >= 11 is 0. The van der Waals surface area contributed by atoms with Crippen molar-refractivity contribution in [1.29, 1.82) is 0 Å². The normalized spacial score (nSPS) is 14.6. The van der Waals surface area contributed by atoms with E-state index >= 15 is 0 Å². The third kappa shape index (κ3) is 3.86. The van der Waals surface area contributed by atoms with Gasteiger partial charge in [0.1, 0.15) is 22.5 Å². The molecular weight excluding hydrogens is 637 g/mol. The summed E-state index contributed by atoms with van der Waals surface area (Å²) in [6, 6.07) is 54.6. The van der Waals surface area contributed by atoms with Crippen molar-refractivity contribution >= 4 is 82.6 Å². The van der Waals surface area contributed by atoms with Crippen molar-refractivity contribution in [2.45, 2.75) is 12.3 Å². The van der Waals surface area contributed by atoms with Crippen LogP contribution in [0.5, 0.6) is 0 Å². The molecule has 0 amide bonds. The number of aromatic nitrogens is 2. The smallest absolute Gasteiger partial charge is 0.135 e. The Hall–Kier alpha value is -6.78. The second kappa shape index (κ2) is 10.4. The summed E-state index contributed by atoms with van der Waals surface area (Å²) in [6.07, 6.45) is 5.33. The molecule has 0 saturated carbocycles. The molecule has 0 spiro atoms. The van der Waals surface area contributed by atoms with E-state index in [1.165, 1.54) is 60.1 Å². The van der Waals surface area contributed by atoms with Gasteiger partial charge in [-0.3, -0.25) is 0 Å². The minimum atomic E-state index is 0.208. The van der Waals surface area contributed by atoms with Crippen molar-refractivity contribution in [1.82, 2.24) is 9.13 Å². The van der Waals surface area contributed by atoms with Crippen LogP contribution in [0.25, 0.3) is 94.0 Å². The molecule has 244 valence electrons. The number of hydrogen-bond donors (Lipinski definition) is 0. The minimum Gasteiger partial charge on any atom is -0.456 e. The molecule has 1 aliphatic carbocycles. The molecule has 4 heterocycles. The monoisotopic (exact) mass is 666 g/mol. The predicted molar refractivity (Wildman–Crippen MR) is 214 cm³/mol. The van der Waals surface area contributed by atoms with E-state index < -0.39 is 0 Å². The van der Waals surface area contributed by atoms with Crippen molar-refractivity contribution in [2.75, 3.05) is 0 Å². The average Bonchev–Trinajstić information content (AvgIpc) is 3.94. The SMILES string of the molecule is C1=CC(c2ccc3oc4ccc(-n5c6ccccc6c6ccccc65)cc4c3c2)Cc2c1oc1ccc(-n3c4ccccc4c4ccccc43)cc21. The molecule has 1 atom stereocenters. The van der Waals surface area contributed by atoms with Gasteiger partial charge in [0.25, 0.3) is 0 Å². The molecule has 7 aromatic carbocycles. The molecule has 0 radical (unpaired) electrons. The van der Waals surface area contributed by atoms with Crippen LogP contribution in [0.15, 0.2) is 167 Å². The second-order valence-electron chi connectivity index (χ2n) is 14.1. The first-order valence-corrected chi connectivity index (χ1v) is 17.9. The van der Waals surface area contributed by atoms with Crippen LogP contribution in [-0.4, -0.2) is 9.13 Å². The lowest BCUT2D eigenvalue weighted by Gasteiger charge is -2.17. The number of rotatable bonds is 3. The number of para-hydroxylation sites is 4. The fourth-order valence-corrected chi connectivity index (χ4v) is 8.91. The Balaban J connectivity index is 0.961. The van der Waals surface area contributed by atoms with E-state index in [1.807, 2.05) is 0 Å². The third-order valence-corrected chi connectivity index (χ3v) is 11.3. The summed E-state index contributed by atoms with van der Waals surface area (Å²) in [6.45, 7) is 0. The largest absolute Gasteiger partial charge is 0.456 e. The Morgan fingerprint density at radius 3 is 1.44 bits per heavy atom. The molecular formula is C48H30N2O2. The van der Waals surface area contributed by atoms with Crippen LogP contribution in [0.4, 0.5) is 0 Å². The van der Waals surface area contributed by atoms with Gasteiger partial charge in [-0.1, -0.05) is 84.9 Å². The van der Waals surface area contributed by atoms with Crippen LogP contribution < -0.4 is 0 Å². The maximum Gasteiger partial charge on any atom is 0.135 e. The molecule has 4 aromatic heterocycles. The topological polar surface area (TPSA) is 36.1 Å². The highest BCUT2D eigenvalue weighted by molar-refractivity contribution is 6.11. The molecule has 0 bridgehead atoms. The van der Waals surface area contributed by atoms with Gasteiger partial charge >= 0.3 is 0 Å². The minimum absolute atomic E-state index is 0.208. The lowest BCUT2D eigenvalue weighted by atomic mass is 9.86. The van der Waals surface area contributed by atoms with Gasteiger partial charge in [0.15, 0.2) is 0 Å². The maximum atomic E-state index is 6.43. The highest BCUT2D eigenvalue weighted by atomic mass is 16.3. The van der Waals surface area contributed by atoms with Gasteiger partial charge < -0.3 is 18.0 Å². The molecule has 0 aliphatic heterocycles. The van der Waals surface area contributed by atoms with E-state index in [1.54, 1.807) is 0 Å². The first-order valence-electron chi connectivity index (χ1n) is 17.9. The van der Waals surface area contributed by atoms with Crippen molar-refractivity contribution in [3.63, 3.8) is 0 Å². The Bertz CT molecular complexity index is 3180. The van der Waals surface area contributed by atoms with Crippen molar-refractivity contribution in [3.05, 3.63) is 175 Å². The lowest BCUT2D eigenvalue weighted by Crippen LogP contribution is -2.04. The van der Waals surface area contributed by atoms with Crippen LogP contribution in [0.2, 0.25) is 0 Å². The first-order chi connectivity index (χ1) is 25.8. The van der Waals surface area contributed by atoms with Crippen molar-refractivity contribution in [2.24, 2.45) is 0 Å². The maximum absolute atomic E-state index is 6.43. The van der Waals surface area contributed by atoms with E-state index in [-0.39, 0.29) is 5.92 Å². The summed E-state index contributed by atoms with van der Waals surface area (Å²) in [5, 5.41) is 8.49. The van der Waals surface area contributed by atoms with Crippen LogP contribution >= 0.6 is 0 Å². The summed E-state index contributed by atoms with van der Waals surface area (Å²) in [7, 11) is 0. The molecule has 1 aliphatic rings. The predicted octanol–water partition coefficient (Wildman–Crippen LogP) is 12.9. The van der Waals surface area contributed by atoms with Gasteiger partial charge in [-0.25, -0.2) is 0 Å². The Morgan fingerprint density at radius 1 is 0.423 bits per heavy atom. The number of hydrogen-bond acceptors (Lipinski definition) is 2. The fraction of sp³-hybridized carbons (Fsp3) is 0.0417. The molecule has 11 aromatic rings. The highest BCUT2D eigenvalue weighted by Crippen LogP contribution is 2.41. The number of allylic oxidation sites excluding steroid dienone is 1. The molecule has 4 nitrogen and oxygen atoms in total. The van der Waals surface area contributed by atoms with E-state index in [2.05, 4.69) is 173 Å².